The van der Waals surface area contributed by atoms with E-state index in [9.17, 15) is 4.79 Å². The van der Waals surface area contributed by atoms with Crippen LogP contribution in [0.1, 0.15) is 5.56 Å². The molecule has 0 radical (unpaired) electrons. The van der Waals surface area contributed by atoms with Crippen LogP contribution >= 0.6 is 0 Å². The van der Waals surface area contributed by atoms with Gasteiger partial charge >= 0.3 is 5.69 Å². The summed E-state index contributed by atoms with van der Waals surface area (Å²) in [6, 6.07) is 11.6. The first-order valence-corrected chi connectivity index (χ1v) is 5.25. The van der Waals surface area contributed by atoms with E-state index in [0.29, 0.717) is 5.65 Å². The quantitative estimate of drug-likeness (QED) is 0.682. The van der Waals surface area contributed by atoms with Gasteiger partial charge in [-0.3, -0.25) is 0 Å². The summed E-state index contributed by atoms with van der Waals surface area (Å²) in [5.41, 5.74) is 3.09. The summed E-state index contributed by atoms with van der Waals surface area (Å²) in [5, 5.41) is 10.5. The molecule has 1 aromatic carbocycles. The predicted octanol–water partition coefficient (Wildman–Crippen LogP) is 1.39. The Labute approximate surface area is 96.7 Å². The minimum atomic E-state index is -0.325. The van der Waals surface area contributed by atoms with Crippen molar-refractivity contribution < 1.29 is 0 Å². The van der Waals surface area contributed by atoms with Gasteiger partial charge in [0.05, 0.1) is 5.69 Å². The van der Waals surface area contributed by atoms with Crippen molar-refractivity contribution in [2.75, 3.05) is 0 Å². The first-order valence-electron chi connectivity index (χ1n) is 5.25. The topological polar surface area (TPSA) is 63.0 Å². The standard InChI is InChI=1S/C12H10N4O/c1-8-3-2-4-9(7-8)10-5-6-11-13-14-12(17)16(11)15-10/h2-7H,1H3,(H,14,17). The van der Waals surface area contributed by atoms with Crippen LogP contribution in [0.25, 0.3) is 16.9 Å². The van der Waals surface area contributed by atoms with Crippen LogP contribution in [0.5, 0.6) is 0 Å². The molecule has 0 saturated carbocycles. The highest BCUT2D eigenvalue weighted by Gasteiger charge is 2.04. The molecule has 0 aliphatic heterocycles. The Morgan fingerprint density at radius 1 is 1.24 bits per heavy atom. The second kappa shape index (κ2) is 3.55. The molecule has 0 aliphatic rings. The predicted molar refractivity (Wildman–Crippen MR) is 63.8 cm³/mol. The molecule has 84 valence electrons. The van der Waals surface area contributed by atoms with Gasteiger partial charge in [-0.15, -0.1) is 0 Å². The second-order valence-corrected chi connectivity index (χ2v) is 3.89. The van der Waals surface area contributed by atoms with E-state index in [1.54, 1.807) is 6.07 Å². The van der Waals surface area contributed by atoms with E-state index in [0.717, 1.165) is 16.8 Å². The van der Waals surface area contributed by atoms with Crippen molar-refractivity contribution in [3.63, 3.8) is 0 Å². The Hall–Kier alpha value is -2.43. The normalized spacial score (nSPS) is 10.9. The number of hydrogen-bond donors (Lipinski definition) is 1. The van der Waals surface area contributed by atoms with Gasteiger partial charge in [-0.1, -0.05) is 23.8 Å². The van der Waals surface area contributed by atoms with Gasteiger partial charge in [0.25, 0.3) is 0 Å². The van der Waals surface area contributed by atoms with Crippen LogP contribution in [0.3, 0.4) is 0 Å². The molecule has 0 amide bonds. The van der Waals surface area contributed by atoms with Gasteiger partial charge in [-0.05, 0) is 25.1 Å². The fourth-order valence-corrected chi connectivity index (χ4v) is 1.76. The zero-order chi connectivity index (χ0) is 11.8. The summed E-state index contributed by atoms with van der Waals surface area (Å²) in [7, 11) is 0. The van der Waals surface area contributed by atoms with E-state index in [-0.39, 0.29) is 5.69 Å². The molecule has 0 saturated heterocycles. The van der Waals surface area contributed by atoms with Crippen LogP contribution in [0, 0.1) is 6.92 Å². The molecule has 2 heterocycles. The Kier molecular flexibility index (Phi) is 2.04. The van der Waals surface area contributed by atoms with E-state index in [4.69, 9.17) is 0 Å². The molecule has 0 fully saturated rings. The number of hydrogen-bond acceptors (Lipinski definition) is 3. The Balaban J connectivity index is 2.24. The maximum Gasteiger partial charge on any atom is 0.364 e. The van der Waals surface area contributed by atoms with Crippen LogP contribution in [0.4, 0.5) is 0 Å². The monoisotopic (exact) mass is 226 g/mol. The van der Waals surface area contributed by atoms with Gasteiger partial charge in [0.15, 0.2) is 5.65 Å². The van der Waals surface area contributed by atoms with Crippen molar-refractivity contribution in [1.29, 1.82) is 0 Å². The van der Waals surface area contributed by atoms with Crippen LogP contribution in [-0.2, 0) is 0 Å². The molecule has 2 aromatic heterocycles. The van der Waals surface area contributed by atoms with Crippen LogP contribution < -0.4 is 5.69 Å². The molecule has 5 heteroatoms. The molecule has 17 heavy (non-hydrogen) atoms. The van der Waals surface area contributed by atoms with Crippen LogP contribution in [0.15, 0.2) is 41.2 Å². The Morgan fingerprint density at radius 3 is 2.94 bits per heavy atom. The number of aromatic nitrogens is 4. The minimum Gasteiger partial charge on any atom is -0.244 e. The summed E-state index contributed by atoms with van der Waals surface area (Å²) >= 11 is 0. The number of nitrogens with one attached hydrogen (secondary N) is 1. The number of rotatable bonds is 1. The zero-order valence-corrected chi connectivity index (χ0v) is 9.21. The number of aryl methyl sites for hydroxylation is 1. The Bertz CT molecular complexity index is 741. The van der Waals surface area contributed by atoms with Gasteiger partial charge in [-0.2, -0.15) is 14.7 Å². The van der Waals surface area contributed by atoms with Crippen molar-refractivity contribution in [3.05, 3.63) is 52.4 Å². The summed E-state index contributed by atoms with van der Waals surface area (Å²) in [6.07, 6.45) is 0. The van der Waals surface area contributed by atoms with Crippen molar-refractivity contribution in [1.82, 2.24) is 19.8 Å². The van der Waals surface area contributed by atoms with Crippen molar-refractivity contribution in [2.24, 2.45) is 0 Å². The summed E-state index contributed by atoms with van der Waals surface area (Å²) in [4.78, 5) is 11.4. The molecular weight excluding hydrogens is 216 g/mol. The van der Waals surface area contributed by atoms with E-state index >= 15 is 0 Å². The second-order valence-electron chi connectivity index (χ2n) is 3.89. The van der Waals surface area contributed by atoms with E-state index in [2.05, 4.69) is 15.3 Å². The minimum absolute atomic E-state index is 0.325. The summed E-state index contributed by atoms with van der Waals surface area (Å²) in [6.45, 7) is 2.02. The van der Waals surface area contributed by atoms with E-state index in [1.807, 2.05) is 37.3 Å². The number of fused-ring (bicyclic) bond motifs is 1. The van der Waals surface area contributed by atoms with Crippen molar-refractivity contribution in [3.8, 4) is 11.3 Å². The lowest BCUT2D eigenvalue weighted by Crippen LogP contribution is -2.12. The van der Waals surface area contributed by atoms with Gasteiger partial charge in [0.1, 0.15) is 0 Å². The molecule has 0 unspecified atom stereocenters. The lowest BCUT2D eigenvalue weighted by atomic mass is 10.1. The van der Waals surface area contributed by atoms with Crippen molar-refractivity contribution >= 4 is 5.65 Å². The molecule has 0 atom stereocenters. The molecule has 5 nitrogen and oxygen atoms in total. The molecule has 0 aliphatic carbocycles. The lowest BCUT2D eigenvalue weighted by Gasteiger charge is -2.01. The highest BCUT2D eigenvalue weighted by molar-refractivity contribution is 5.60. The van der Waals surface area contributed by atoms with E-state index in [1.165, 1.54) is 4.52 Å². The maximum atomic E-state index is 11.4. The fourth-order valence-electron chi connectivity index (χ4n) is 1.76. The molecular formula is C12H10N4O. The molecule has 1 N–H and O–H groups in total. The fraction of sp³-hybridized carbons (Fsp3) is 0.0833. The molecule has 0 spiro atoms. The van der Waals surface area contributed by atoms with Gasteiger partial charge < -0.3 is 0 Å². The number of benzene rings is 1. The average Bonchev–Trinajstić information content (AvgIpc) is 2.71. The highest BCUT2D eigenvalue weighted by atomic mass is 16.2. The first kappa shape index (κ1) is 9.77. The summed E-state index contributed by atoms with van der Waals surface area (Å²) < 4.78 is 1.26. The smallest absolute Gasteiger partial charge is 0.244 e. The highest BCUT2D eigenvalue weighted by Crippen LogP contribution is 2.17. The average molecular weight is 226 g/mol. The van der Waals surface area contributed by atoms with E-state index < -0.39 is 0 Å². The van der Waals surface area contributed by atoms with Crippen LogP contribution in [-0.4, -0.2) is 19.8 Å². The number of nitrogens with zero attached hydrogens (tertiary/aromatic N) is 3. The zero-order valence-electron chi connectivity index (χ0n) is 9.21. The third kappa shape index (κ3) is 1.61. The van der Waals surface area contributed by atoms with Gasteiger partial charge in [0.2, 0.25) is 0 Å². The summed E-state index contributed by atoms with van der Waals surface area (Å²) in [5.74, 6) is 0. The van der Waals surface area contributed by atoms with Gasteiger partial charge in [-0.25, -0.2) is 9.89 Å². The third-order valence-electron chi connectivity index (χ3n) is 2.59. The van der Waals surface area contributed by atoms with Gasteiger partial charge in [0, 0.05) is 5.56 Å². The molecule has 3 rings (SSSR count). The van der Waals surface area contributed by atoms with Crippen LogP contribution in [0.2, 0.25) is 0 Å². The third-order valence-corrected chi connectivity index (χ3v) is 2.59. The maximum absolute atomic E-state index is 11.4. The molecule has 3 aromatic rings. The SMILES string of the molecule is Cc1cccc(-c2ccc3n[nH]c(=O)n3n2)c1. The molecule has 0 bridgehead atoms. The largest absolute Gasteiger partial charge is 0.364 e. The first-order chi connectivity index (χ1) is 8.24. The Morgan fingerprint density at radius 2 is 2.12 bits per heavy atom. The lowest BCUT2D eigenvalue weighted by molar-refractivity contribution is 0.884. The van der Waals surface area contributed by atoms with Crippen molar-refractivity contribution in [2.45, 2.75) is 6.92 Å². The number of aromatic amines is 1. The number of H-pyrrole nitrogens is 1.